The molecule has 0 fully saturated rings. The van der Waals surface area contributed by atoms with Gasteiger partial charge in [0.25, 0.3) is 5.69 Å². The molecule has 0 aromatic heterocycles. The maximum absolute atomic E-state index is 11.2. The lowest BCUT2D eigenvalue weighted by Crippen LogP contribution is -2.04. The highest BCUT2D eigenvalue weighted by molar-refractivity contribution is 5.69. The topological polar surface area (TPSA) is 69.4 Å². The van der Waals surface area contributed by atoms with Gasteiger partial charge in [-0.3, -0.25) is 14.9 Å². The Kier molecular flexibility index (Phi) is 5.57. The number of hydrogen-bond acceptors (Lipinski definition) is 4. The smallest absolute Gasteiger partial charge is 0.306 e. The third-order valence-electron chi connectivity index (χ3n) is 2.36. The van der Waals surface area contributed by atoms with E-state index in [4.69, 9.17) is 4.74 Å². The van der Waals surface area contributed by atoms with Crippen LogP contribution in [0.1, 0.15) is 18.4 Å². The van der Waals surface area contributed by atoms with Gasteiger partial charge in [-0.1, -0.05) is 24.8 Å². The SMILES string of the molecule is C=CCOC(=O)CCCc1ccc([N+](=O)[O-])cc1. The van der Waals surface area contributed by atoms with E-state index in [0.717, 1.165) is 5.56 Å². The second-order valence-electron chi connectivity index (χ2n) is 3.75. The van der Waals surface area contributed by atoms with E-state index in [1.165, 1.54) is 18.2 Å². The monoisotopic (exact) mass is 249 g/mol. The van der Waals surface area contributed by atoms with Crippen LogP contribution in [-0.2, 0) is 16.0 Å². The summed E-state index contributed by atoms with van der Waals surface area (Å²) in [7, 11) is 0. The first-order valence-electron chi connectivity index (χ1n) is 5.63. The number of nitrogens with zero attached hydrogens (tertiary/aromatic N) is 1. The number of benzene rings is 1. The molecule has 5 nitrogen and oxygen atoms in total. The molecule has 1 aromatic rings. The van der Waals surface area contributed by atoms with Crippen molar-refractivity contribution in [2.45, 2.75) is 19.3 Å². The number of esters is 1. The number of carbonyl (C=O) groups is 1. The highest BCUT2D eigenvalue weighted by Crippen LogP contribution is 2.13. The third kappa shape index (κ3) is 4.78. The van der Waals surface area contributed by atoms with Gasteiger partial charge in [-0.15, -0.1) is 0 Å². The fraction of sp³-hybridized carbons (Fsp3) is 0.308. The van der Waals surface area contributed by atoms with Gasteiger partial charge in [0.05, 0.1) is 4.92 Å². The van der Waals surface area contributed by atoms with Crippen molar-refractivity contribution in [2.75, 3.05) is 6.61 Å². The van der Waals surface area contributed by atoms with E-state index in [-0.39, 0.29) is 18.3 Å². The summed E-state index contributed by atoms with van der Waals surface area (Å²) in [6, 6.07) is 6.33. The van der Waals surface area contributed by atoms with Crippen LogP contribution in [0.25, 0.3) is 0 Å². The van der Waals surface area contributed by atoms with E-state index in [1.807, 2.05) is 0 Å². The Morgan fingerprint density at radius 2 is 2.06 bits per heavy atom. The van der Waals surface area contributed by atoms with Gasteiger partial charge >= 0.3 is 5.97 Å². The van der Waals surface area contributed by atoms with E-state index in [9.17, 15) is 14.9 Å². The zero-order valence-corrected chi connectivity index (χ0v) is 10.0. The van der Waals surface area contributed by atoms with Crippen LogP contribution in [0, 0.1) is 10.1 Å². The van der Waals surface area contributed by atoms with Gasteiger partial charge in [-0.05, 0) is 18.4 Å². The summed E-state index contributed by atoms with van der Waals surface area (Å²) in [4.78, 5) is 21.2. The van der Waals surface area contributed by atoms with Crippen LogP contribution >= 0.6 is 0 Å². The highest BCUT2D eigenvalue weighted by atomic mass is 16.6. The Labute approximate surface area is 105 Å². The average Bonchev–Trinajstić information content (AvgIpc) is 2.37. The van der Waals surface area contributed by atoms with Crippen LogP contribution in [0.2, 0.25) is 0 Å². The van der Waals surface area contributed by atoms with Crippen molar-refractivity contribution in [3.8, 4) is 0 Å². The Balaban J connectivity index is 2.33. The predicted molar refractivity (Wildman–Crippen MR) is 67.2 cm³/mol. The molecule has 0 heterocycles. The van der Waals surface area contributed by atoms with E-state index in [2.05, 4.69) is 6.58 Å². The maximum Gasteiger partial charge on any atom is 0.306 e. The number of ether oxygens (including phenoxy) is 1. The van der Waals surface area contributed by atoms with Crippen LogP contribution in [-0.4, -0.2) is 17.5 Å². The lowest BCUT2D eigenvalue weighted by Gasteiger charge is -2.02. The molecule has 0 radical (unpaired) electrons. The van der Waals surface area contributed by atoms with E-state index < -0.39 is 4.92 Å². The first-order chi connectivity index (χ1) is 8.63. The van der Waals surface area contributed by atoms with Crippen LogP contribution in [0.3, 0.4) is 0 Å². The molecule has 0 bridgehead atoms. The molecule has 1 rings (SSSR count). The van der Waals surface area contributed by atoms with Crippen molar-refractivity contribution in [3.05, 3.63) is 52.6 Å². The zero-order valence-electron chi connectivity index (χ0n) is 10.0. The number of carbonyl (C=O) groups excluding carboxylic acids is 1. The quantitative estimate of drug-likeness (QED) is 0.322. The highest BCUT2D eigenvalue weighted by Gasteiger charge is 2.05. The molecule has 96 valence electrons. The lowest BCUT2D eigenvalue weighted by molar-refractivity contribution is -0.384. The third-order valence-corrected chi connectivity index (χ3v) is 2.36. The molecule has 0 N–H and O–H groups in total. The van der Waals surface area contributed by atoms with Crippen molar-refractivity contribution in [1.29, 1.82) is 0 Å². The van der Waals surface area contributed by atoms with Gasteiger partial charge in [0, 0.05) is 18.6 Å². The minimum absolute atomic E-state index is 0.0733. The summed E-state index contributed by atoms with van der Waals surface area (Å²) in [5, 5.41) is 10.5. The number of hydrogen-bond donors (Lipinski definition) is 0. The molecule has 0 spiro atoms. The molecular formula is C13H15NO4. The summed E-state index contributed by atoms with van der Waals surface area (Å²) >= 11 is 0. The van der Waals surface area contributed by atoms with Crippen molar-refractivity contribution < 1.29 is 14.5 Å². The van der Waals surface area contributed by atoms with Gasteiger partial charge in [0.1, 0.15) is 6.61 Å². The molecule has 0 unspecified atom stereocenters. The Morgan fingerprint density at radius 1 is 1.39 bits per heavy atom. The molecular weight excluding hydrogens is 234 g/mol. The normalized spacial score (nSPS) is 9.78. The summed E-state index contributed by atoms with van der Waals surface area (Å²) in [5.41, 5.74) is 1.04. The molecule has 0 saturated heterocycles. The van der Waals surface area contributed by atoms with Crippen LogP contribution < -0.4 is 0 Å². The number of nitro benzene ring substituents is 1. The summed E-state index contributed by atoms with van der Waals surface area (Å²) in [6.07, 6.45) is 3.22. The van der Waals surface area contributed by atoms with Gasteiger partial charge in [0.15, 0.2) is 0 Å². The number of rotatable bonds is 7. The zero-order chi connectivity index (χ0) is 13.4. The minimum atomic E-state index is -0.434. The van der Waals surface area contributed by atoms with Crippen molar-refractivity contribution in [1.82, 2.24) is 0 Å². The Hall–Kier alpha value is -2.17. The van der Waals surface area contributed by atoms with Crippen LogP contribution in [0.15, 0.2) is 36.9 Å². The number of nitro groups is 1. The largest absolute Gasteiger partial charge is 0.461 e. The van der Waals surface area contributed by atoms with Crippen molar-refractivity contribution in [3.63, 3.8) is 0 Å². The molecule has 0 atom stereocenters. The Morgan fingerprint density at radius 3 is 2.61 bits per heavy atom. The first kappa shape index (κ1) is 13.9. The Bertz CT molecular complexity index is 425. The summed E-state index contributed by atoms with van der Waals surface area (Å²) < 4.78 is 4.83. The fourth-order valence-corrected chi connectivity index (χ4v) is 1.45. The van der Waals surface area contributed by atoms with E-state index >= 15 is 0 Å². The van der Waals surface area contributed by atoms with Crippen molar-refractivity contribution >= 4 is 11.7 Å². The molecule has 0 aliphatic rings. The minimum Gasteiger partial charge on any atom is -0.461 e. The van der Waals surface area contributed by atoms with Crippen LogP contribution in [0.4, 0.5) is 5.69 Å². The molecule has 18 heavy (non-hydrogen) atoms. The predicted octanol–water partition coefficient (Wildman–Crippen LogP) is 2.65. The van der Waals surface area contributed by atoms with Gasteiger partial charge in [0.2, 0.25) is 0 Å². The number of aryl methyl sites for hydroxylation is 1. The van der Waals surface area contributed by atoms with Gasteiger partial charge in [-0.2, -0.15) is 0 Å². The summed E-state index contributed by atoms with van der Waals surface area (Å²) in [6.45, 7) is 3.68. The molecule has 5 heteroatoms. The maximum atomic E-state index is 11.2. The molecule has 0 aliphatic carbocycles. The standard InChI is InChI=1S/C13H15NO4/c1-2-10-18-13(15)5-3-4-11-6-8-12(9-7-11)14(16)17/h2,6-9H,1,3-5,10H2. The lowest BCUT2D eigenvalue weighted by atomic mass is 10.1. The first-order valence-corrected chi connectivity index (χ1v) is 5.63. The van der Waals surface area contributed by atoms with Gasteiger partial charge in [-0.25, -0.2) is 0 Å². The molecule has 0 aliphatic heterocycles. The van der Waals surface area contributed by atoms with Crippen LogP contribution in [0.5, 0.6) is 0 Å². The molecule has 0 amide bonds. The molecule has 0 saturated carbocycles. The van der Waals surface area contributed by atoms with E-state index in [1.54, 1.807) is 12.1 Å². The van der Waals surface area contributed by atoms with Crippen molar-refractivity contribution in [2.24, 2.45) is 0 Å². The fourth-order valence-electron chi connectivity index (χ4n) is 1.45. The van der Waals surface area contributed by atoms with Gasteiger partial charge < -0.3 is 4.74 Å². The summed E-state index contributed by atoms with van der Waals surface area (Å²) in [5.74, 6) is -0.253. The molecule has 1 aromatic carbocycles. The second-order valence-corrected chi connectivity index (χ2v) is 3.75. The van der Waals surface area contributed by atoms with E-state index in [0.29, 0.717) is 19.3 Å². The second kappa shape index (κ2) is 7.21. The average molecular weight is 249 g/mol. The number of non-ortho nitro benzene ring substituents is 1.